The van der Waals surface area contributed by atoms with Gasteiger partial charge < -0.3 is 16.2 Å². The number of hydrogen-bond donors (Lipinski definition) is 2. The van der Waals surface area contributed by atoms with E-state index in [1.54, 1.807) is 0 Å². The third-order valence-corrected chi connectivity index (χ3v) is 3.42. The van der Waals surface area contributed by atoms with Gasteiger partial charge >= 0.3 is 0 Å². The fourth-order valence-corrected chi connectivity index (χ4v) is 2.33. The molecule has 4 nitrogen and oxygen atoms in total. The molecule has 0 aromatic heterocycles. The highest BCUT2D eigenvalue weighted by Gasteiger charge is 2.38. The number of ether oxygens (including phenoxy) is 1. The van der Waals surface area contributed by atoms with E-state index < -0.39 is 29.2 Å². The van der Waals surface area contributed by atoms with Gasteiger partial charge in [-0.15, -0.1) is 0 Å². The van der Waals surface area contributed by atoms with Crippen LogP contribution in [0.5, 0.6) is 5.75 Å². The monoisotopic (exact) mass is 270 g/mol. The van der Waals surface area contributed by atoms with Crippen LogP contribution in [-0.2, 0) is 4.79 Å². The smallest absolute Gasteiger partial charge is 0.237 e. The van der Waals surface area contributed by atoms with Crippen LogP contribution in [0.1, 0.15) is 25.7 Å². The van der Waals surface area contributed by atoms with Crippen LogP contribution >= 0.6 is 0 Å². The predicted octanol–water partition coefficient (Wildman–Crippen LogP) is 1.47. The van der Waals surface area contributed by atoms with Gasteiger partial charge in [-0.3, -0.25) is 4.79 Å². The van der Waals surface area contributed by atoms with Crippen molar-refractivity contribution in [2.75, 3.05) is 0 Å². The zero-order chi connectivity index (χ0) is 14.0. The Morgan fingerprint density at radius 3 is 2.84 bits per heavy atom. The second-order valence-corrected chi connectivity index (χ2v) is 4.93. The van der Waals surface area contributed by atoms with Gasteiger partial charge in [0, 0.05) is 12.5 Å². The van der Waals surface area contributed by atoms with E-state index in [9.17, 15) is 13.6 Å². The van der Waals surface area contributed by atoms with Gasteiger partial charge in [0.2, 0.25) is 5.91 Å². The molecule has 2 unspecified atom stereocenters. The van der Waals surface area contributed by atoms with Crippen LogP contribution < -0.4 is 16.2 Å². The fraction of sp³-hybridized carbons (Fsp3) is 0.462. The van der Waals surface area contributed by atoms with Crippen LogP contribution in [0.25, 0.3) is 0 Å². The molecule has 2 rings (SSSR count). The summed E-state index contributed by atoms with van der Waals surface area (Å²) in [5.41, 5.74) is 10.0. The molecule has 1 aromatic carbocycles. The molecule has 2 atom stereocenters. The first kappa shape index (κ1) is 13.7. The average molecular weight is 270 g/mol. The molecular formula is C13H16F2N2O2. The zero-order valence-corrected chi connectivity index (χ0v) is 10.4. The van der Waals surface area contributed by atoms with Crippen molar-refractivity contribution >= 4 is 5.91 Å². The van der Waals surface area contributed by atoms with Gasteiger partial charge in [0.1, 0.15) is 11.9 Å². The van der Waals surface area contributed by atoms with Crippen LogP contribution in [0.3, 0.4) is 0 Å². The quantitative estimate of drug-likeness (QED) is 0.873. The Labute approximate surface area is 109 Å². The summed E-state index contributed by atoms with van der Waals surface area (Å²) in [5, 5.41) is 0. The molecule has 1 aliphatic carbocycles. The molecule has 0 heterocycles. The van der Waals surface area contributed by atoms with Crippen molar-refractivity contribution in [1.29, 1.82) is 0 Å². The maximum absolute atomic E-state index is 13.5. The van der Waals surface area contributed by atoms with E-state index in [2.05, 4.69) is 0 Å². The minimum absolute atomic E-state index is 0.168. The first-order valence-electron chi connectivity index (χ1n) is 6.11. The predicted molar refractivity (Wildman–Crippen MR) is 65.4 cm³/mol. The number of hydrogen-bond acceptors (Lipinski definition) is 3. The normalized spacial score (nSPS) is 27.0. The van der Waals surface area contributed by atoms with Gasteiger partial charge in [0.15, 0.2) is 11.6 Å². The van der Waals surface area contributed by atoms with Crippen molar-refractivity contribution in [1.82, 2.24) is 0 Å². The van der Waals surface area contributed by atoms with Gasteiger partial charge in [-0.25, -0.2) is 8.78 Å². The number of carbonyl (C=O) groups excluding carboxylic acids is 1. The Morgan fingerprint density at radius 1 is 1.42 bits per heavy atom. The SMILES string of the molecule is NC(=O)C1(N)CCCC(Oc2cc(F)ccc2F)C1. The summed E-state index contributed by atoms with van der Waals surface area (Å²) in [6, 6.07) is 2.99. The van der Waals surface area contributed by atoms with Gasteiger partial charge in [-0.1, -0.05) is 0 Å². The molecule has 1 aromatic rings. The van der Waals surface area contributed by atoms with Crippen molar-refractivity contribution in [2.45, 2.75) is 37.3 Å². The molecule has 104 valence electrons. The molecule has 4 N–H and O–H groups in total. The van der Waals surface area contributed by atoms with Gasteiger partial charge in [-0.05, 0) is 31.4 Å². The van der Waals surface area contributed by atoms with E-state index in [1.807, 2.05) is 0 Å². The van der Waals surface area contributed by atoms with Crippen LogP contribution in [0.15, 0.2) is 18.2 Å². The van der Waals surface area contributed by atoms with Gasteiger partial charge in [-0.2, -0.15) is 0 Å². The van der Waals surface area contributed by atoms with Crippen LogP contribution in [-0.4, -0.2) is 17.6 Å². The van der Waals surface area contributed by atoms with Crippen molar-refractivity contribution in [3.8, 4) is 5.75 Å². The third-order valence-electron chi connectivity index (χ3n) is 3.42. The lowest BCUT2D eigenvalue weighted by Gasteiger charge is -2.35. The Kier molecular flexibility index (Phi) is 3.71. The Morgan fingerprint density at radius 2 is 2.16 bits per heavy atom. The summed E-state index contributed by atoms with van der Waals surface area (Å²) in [4.78, 5) is 11.3. The van der Waals surface area contributed by atoms with Crippen molar-refractivity contribution < 1.29 is 18.3 Å². The van der Waals surface area contributed by atoms with Gasteiger partial charge in [0.05, 0.1) is 5.54 Å². The number of primary amides is 1. The first-order chi connectivity index (χ1) is 8.90. The van der Waals surface area contributed by atoms with E-state index >= 15 is 0 Å². The summed E-state index contributed by atoms with van der Waals surface area (Å²) in [6.45, 7) is 0. The minimum Gasteiger partial charge on any atom is -0.487 e. The number of amides is 1. The molecule has 1 saturated carbocycles. The summed E-state index contributed by atoms with van der Waals surface area (Å²) in [7, 11) is 0. The molecule has 6 heteroatoms. The van der Waals surface area contributed by atoms with E-state index in [0.717, 1.165) is 18.2 Å². The summed E-state index contributed by atoms with van der Waals surface area (Å²) in [6.07, 6.45) is 1.53. The first-order valence-corrected chi connectivity index (χ1v) is 6.11. The third kappa shape index (κ3) is 3.01. The summed E-state index contributed by atoms with van der Waals surface area (Å²) in [5.74, 6) is -1.99. The van der Waals surface area contributed by atoms with Crippen molar-refractivity contribution in [3.63, 3.8) is 0 Å². The second-order valence-electron chi connectivity index (χ2n) is 4.93. The summed E-state index contributed by atoms with van der Waals surface area (Å²) >= 11 is 0. The number of carbonyl (C=O) groups is 1. The standard InChI is InChI=1S/C13H16F2N2O2/c14-8-3-4-10(15)11(6-8)19-9-2-1-5-13(17,7-9)12(16)18/h3-4,6,9H,1-2,5,7,17H2,(H2,16,18). The van der Waals surface area contributed by atoms with E-state index in [4.69, 9.17) is 16.2 Å². The molecule has 0 spiro atoms. The minimum atomic E-state index is -1.13. The Balaban J connectivity index is 2.11. The molecular weight excluding hydrogens is 254 g/mol. The molecule has 0 aliphatic heterocycles. The molecule has 1 fully saturated rings. The Bertz CT molecular complexity index is 496. The van der Waals surface area contributed by atoms with Gasteiger partial charge in [0.25, 0.3) is 0 Å². The molecule has 1 aliphatic rings. The molecule has 19 heavy (non-hydrogen) atoms. The molecule has 1 amide bonds. The highest BCUT2D eigenvalue weighted by atomic mass is 19.1. The Hall–Kier alpha value is -1.69. The lowest BCUT2D eigenvalue weighted by Crippen LogP contribution is -2.56. The topological polar surface area (TPSA) is 78.3 Å². The average Bonchev–Trinajstić information content (AvgIpc) is 2.34. The van der Waals surface area contributed by atoms with E-state index in [-0.39, 0.29) is 12.2 Å². The number of nitrogens with two attached hydrogens (primary N) is 2. The fourth-order valence-electron chi connectivity index (χ4n) is 2.33. The van der Waals surface area contributed by atoms with Crippen LogP contribution in [0.4, 0.5) is 8.78 Å². The lowest BCUT2D eigenvalue weighted by atomic mass is 9.80. The maximum Gasteiger partial charge on any atom is 0.237 e. The number of rotatable bonds is 3. The van der Waals surface area contributed by atoms with E-state index in [0.29, 0.717) is 19.3 Å². The van der Waals surface area contributed by atoms with E-state index in [1.165, 1.54) is 0 Å². The maximum atomic E-state index is 13.5. The van der Waals surface area contributed by atoms with Crippen LogP contribution in [0.2, 0.25) is 0 Å². The van der Waals surface area contributed by atoms with Crippen molar-refractivity contribution in [2.24, 2.45) is 11.5 Å². The summed E-state index contributed by atoms with van der Waals surface area (Å²) < 4.78 is 31.9. The second kappa shape index (κ2) is 5.13. The number of halogens is 2. The highest BCUT2D eigenvalue weighted by molar-refractivity contribution is 5.84. The highest BCUT2D eigenvalue weighted by Crippen LogP contribution is 2.30. The largest absolute Gasteiger partial charge is 0.487 e. The van der Waals surface area contributed by atoms with Crippen molar-refractivity contribution in [3.05, 3.63) is 29.8 Å². The molecule has 0 radical (unpaired) electrons. The number of benzene rings is 1. The molecule has 0 bridgehead atoms. The van der Waals surface area contributed by atoms with Crippen LogP contribution in [0, 0.1) is 11.6 Å². The lowest BCUT2D eigenvalue weighted by molar-refractivity contribution is -0.125. The molecule has 0 saturated heterocycles. The zero-order valence-electron chi connectivity index (χ0n) is 10.4.